The minimum Gasteiger partial charge on any atom is -0.358 e. The monoisotopic (exact) mass is 266 g/mol. The van der Waals surface area contributed by atoms with Gasteiger partial charge in [0, 0.05) is 22.2 Å². The fourth-order valence-electron chi connectivity index (χ4n) is 2.15. The molecule has 1 aromatic heterocycles. The summed E-state index contributed by atoms with van der Waals surface area (Å²) in [5, 5.41) is 18.4. The number of hydrogen-bond donors (Lipinski definition) is 1. The van der Waals surface area contributed by atoms with Crippen LogP contribution in [0.4, 0.5) is 0 Å². The van der Waals surface area contributed by atoms with E-state index in [0.717, 1.165) is 22.2 Å². The minimum atomic E-state index is -0.298. The molecule has 0 saturated carbocycles. The third-order valence-electron chi connectivity index (χ3n) is 3.37. The number of hydrogen-bond acceptors (Lipinski definition) is 3. The van der Waals surface area contributed by atoms with E-state index in [1.165, 1.54) is 4.90 Å². The van der Waals surface area contributed by atoms with Gasteiger partial charge in [-0.2, -0.15) is 10.5 Å². The first-order chi connectivity index (χ1) is 9.58. The van der Waals surface area contributed by atoms with Crippen molar-refractivity contribution in [3.63, 3.8) is 0 Å². The van der Waals surface area contributed by atoms with Crippen LogP contribution in [-0.4, -0.2) is 28.9 Å². The molecule has 0 unspecified atom stereocenters. The summed E-state index contributed by atoms with van der Waals surface area (Å²) in [5.41, 5.74) is 3.63. The van der Waals surface area contributed by atoms with Crippen molar-refractivity contribution >= 4 is 16.8 Å². The molecule has 0 saturated heterocycles. The molecule has 1 N–H and O–H groups in total. The van der Waals surface area contributed by atoms with Crippen LogP contribution in [-0.2, 0) is 0 Å². The Labute approximate surface area is 117 Å². The summed E-state index contributed by atoms with van der Waals surface area (Å²) >= 11 is 0. The summed E-state index contributed by atoms with van der Waals surface area (Å²) in [4.78, 5) is 16.8. The number of nitrogens with one attached hydrogen (secondary N) is 1. The molecule has 0 bridgehead atoms. The maximum absolute atomic E-state index is 12.3. The van der Waals surface area contributed by atoms with Crippen molar-refractivity contribution < 1.29 is 4.79 Å². The first kappa shape index (κ1) is 13.6. The fourth-order valence-corrected chi connectivity index (χ4v) is 2.15. The van der Waals surface area contributed by atoms with E-state index in [0.29, 0.717) is 5.56 Å². The van der Waals surface area contributed by atoms with Gasteiger partial charge in [-0.05, 0) is 37.6 Å². The van der Waals surface area contributed by atoms with Gasteiger partial charge in [0.05, 0.1) is 12.1 Å². The third-order valence-corrected chi connectivity index (χ3v) is 3.37. The molecular weight excluding hydrogens is 252 g/mol. The highest BCUT2D eigenvalue weighted by Crippen LogP contribution is 2.22. The van der Waals surface area contributed by atoms with Gasteiger partial charge in [0.15, 0.2) is 0 Å². The number of rotatable bonds is 3. The lowest BCUT2D eigenvalue weighted by molar-refractivity contribution is 0.0795. The Bertz CT molecular complexity index is 730. The molecule has 2 rings (SSSR count). The summed E-state index contributed by atoms with van der Waals surface area (Å²) in [6, 6.07) is 9.17. The van der Waals surface area contributed by atoms with Crippen molar-refractivity contribution in [3.05, 3.63) is 35.0 Å². The second-order valence-electron chi connectivity index (χ2n) is 4.61. The molecule has 0 aliphatic carbocycles. The van der Waals surface area contributed by atoms with Gasteiger partial charge in [-0.3, -0.25) is 4.79 Å². The molecule has 0 aliphatic heterocycles. The number of aryl methyl sites for hydroxylation is 2. The Hall–Kier alpha value is -2.79. The maximum Gasteiger partial charge on any atom is 0.255 e. The molecule has 0 atom stereocenters. The number of amides is 1. The van der Waals surface area contributed by atoms with Crippen LogP contribution < -0.4 is 0 Å². The van der Waals surface area contributed by atoms with Crippen LogP contribution in [0, 0.1) is 36.5 Å². The van der Waals surface area contributed by atoms with E-state index < -0.39 is 0 Å². The number of fused-ring (bicyclic) bond motifs is 1. The molecule has 1 heterocycles. The zero-order valence-corrected chi connectivity index (χ0v) is 11.4. The highest BCUT2D eigenvalue weighted by atomic mass is 16.2. The van der Waals surface area contributed by atoms with Gasteiger partial charge in [-0.15, -0.1) is 0 Å². The van der Waals surface area contributed by atoms with Crippen LogP contribution in [0.15, 0.2) is 18.2 Å². The predicted molar refractivity (Wildman–Crippen MR) is 74.9 cm³/mol. The van der Waals surface area contributed by atoms with Crippen molar-refractivity contribution in [2.24, 2.45) is 0 Å². The van der Waals surface area contributed by atoms with Crippen LogP contribution in [0.25, 0.3) is 10.9 Å². The van der Waals surface area contributed by atoms with E-state index in [4.69, 9.17) is 10.5 Å². The molecule has 20 heavy (non-hydrogen) atoms. The van der Waals surface area contributed by atoms with E-state index in [9.17, 15) is 4.79 Å². The highest BCUT2D eigenvalue weighted by molar-refractivity contribution is 5.99. The zero-order chi connectivity index (χ0) is 14.7. The lowest BCUT2D eigenvalue weighted by Crippen LogP contribution is -2.31. The lowest BCUT2D eigenvalue weighted by Gasteiger charge is -2.15. The molecule has 0 radical (unpaired) electrons. The van der Waals surface area contributed by atoms with Crippen LogP contribution in [0.5, 0.6) is 0 Å². The van der Waals surface area contributed by atoms with Crippen LogP contribution >= 0.6 is 0 Å². The van der Waals surface area contributed by atoms with Gasteiger partial charge in [0.2, 0.25) is 0 Å². The van der Waals surface area contributed by atoms with E-state index in [-0.39, 0.29) is 19.0 Å². The quantitative estimate of drug-likeness (QED) is 0.865. The number of benzene rings is 1. The van der Waals surface area contributed by atoms with Crippen molar-refractivity contribution in [3.8, 4) is 12.1 Å². The first-order valence-electron chi connectivity index (χ1n) is 6.20. The van der Waals surface area contributed by atoms with Gasteiger partial charge in [-0.1, -0.05) is 0 Å². The fraction of sp³-hybridized carbons (Fsp3) is 0.267. The van der Waals surface area contributed by atoms with Gasteiger partial charge in [0.1, 0.15) is 13.1 Å². The lowest BCUT2D eigenvalue weighted by atomic mass is 10.1. The van der Waals surface area contributed by atoms with E-state index in [1.807, 2.05) is 32.1 Å². The molecule has 5 nitrogen and oxygen atoms in total. The van der Waals surface area contributed by atoms with Crippen LogP contribution in [0.1, 0.15) is 21.6 Å². The number of nitrogens with zero attached hydrogens (tertiary/aromatic N) is 3. The van der Waals surface area contributed by atoms with Crippen molar-refractivity contribution in [1.29, 1.82) is 10.5 Å². The number of aromatic amines is 1. The number of nitriles is 2. The average Bonchev–Trinajstić information content (AvgIpc) is 2.73. The molecular formula is C15H14N4O. The number of H-pyrrole nitrogens is 1. The summed E-state index contributed by atoms with van der Waals surface area (Å²) in [6.07, 6.45) is 0. The largest absolute Gasteiger partial charge is 0.358 e. The van der Waals surface area contributed by atoms with E-state index in [1.54, 1.807) is 12.1 Å². The van der Waals surface area contributed by atoms with Gasteiger partial charge >= 0.3 is 0 Å². The number of carbonyl (C=O) groups excluding carboxylic acids is 1. The summed E-state index contributed by atoms with van der Waals surface area (Å²) in [7, 11) is 0. The average molecular weight is 266 g/mol. The van der Waals surface area contributed by atoms with Gasteiger partial charge in [-0.25, -0.2) is 0 Å². The Morgan fingerprint density at radius 1 is 1.25 bits per heavy atom. The number of carbonyl (C=O) groups is 1. The van der Waals surface area contributed by atoms with Gasteiger partial charge in [0.25, 0.3) is 5.91 Å². The highest BCUT2D eigenvalue weighted by Gasteiger charge is 2.16. The summed E-state index contributed by atoms with van der Waals surface area (Å²) in [6.45, 7) is 3.80. The molecule has 1 aromatic carbocycles. The van der Waals surface area contributed by atoms with Crippen LogP contribution in [0.2, 0.25) is 0 Å². The SMILES string of the molecule is Cc1[nH]c2ccc(C(=O)N(CC#N)CC#N)cc2c1C. The minimum absolute atomic E-state index is 0.0877. The smallest absolute Gasteiger partial charge is 0.255 e. The van der Waals surface area contributed by atoms with Crippen molar-refractivity contribution in [1.82, 2.24) is 9.88 Å². The topological polar surface area (TPSA) is 83.7 Å². The molecule has 0 aliphatic rings. The predicted octanol–water partition coefficient (Wildman–Crippen LogP) is 2.27. The normalized spacial score (nSPS) is 10.0. The molecule has 0 fully saturated rings. The standard InChI is InChI=1S/C15H14N4O/c1-10-11(2)18-14-4-3-12(9-13(10)14)15(20)19(7-5-16)8-6-17/h3-4,9,18H,7-8H2,1-2H3. The van der Waals surface area contributed by atoms with Gasteiger partial charge < -0.3 is 9.88 Å². The van der Waals surface area contributed by atoms with E-state index in [2.05, 4.69) is 4.98 Å². The zero-order valence-electron chi connectivity index (χ0n) is 11.4. The Morgan fingerprint density at radius 2 is 1.90 bits per heavy atom. The Morgan fingerprint density at radius 3 is 2.50 bits per heavy atom. The molecule has 100 valence electrons. The first-order valence-corrected chi connectivity index (χ1v) is 6.20. The second kappa shape index (κ2) is 5.46. The molecule has 1 amide bonds. The number of aromatic nitrogens is 1. The summed E-state index contributed by atoms with van der Waals surface area (Å²) in [5.74, 6) is -0.298. The maximum atomic E-state index is 12.3. The van der Waals surface area contributed by atoms with Crippen LogP contribution in [0.3, 0.4) is 0 Å². The molecule has 0 spiro atoms. The van der Waals surface area contributed by atoms with E-state index >= 15 is 0 Å². The summed E-state index contributed by atoms with van der Waals surface area (Å²) < 4.78 is 0. The molecule has 5 heteroatoms. The van der Waals surface area contributed by atoms with Crippen molar-refractivity contribution in [2.45, 2.75) is 13.8 Å². The van der Waals surface area contributed by atoms with Crippen molar-refractivity contribution in [2.75, 3.05) is 13.1 Å². The second-order valence-corrected chi connectivity index (χ2v) is 4.61. The third kappa shape index (κ3) is 2.34. The Balaban J connectivity index is 2.42. The Kier molecular flexibility index (Phi) is 3.72. The molecule has 2 aromatic rings.